The van der Waals surface area contributed by atoms with Gasteiger partial charge >= 0.3 is 0 Å². The van der Waals surface area contributed by atoms with E-state index in [1.54, 1.807) is 0 Å². The Morgan fingerprint density at radius 1 is 1.25 bits per heavy atom. The zero-order valence-corrected chi connectivity index (χ0v) is 11.6. The van der Waals surface area contributed by atoms with Gasteiger partial charge in [0, 0.05) is 18.2 Å². The number of aromatic nitrogens is 1. The summed E-state index contributed by atoms with van der Waals surface area (Å²) in [5, 5.41) is -0.774. The minimum absolute atomic E-state index is 0.0206. The molecule has 4 nitrogen and oxygen atoms in total. The second-order valence-electron chi connectivity index (χ2n) is 4.42. The SMILES string of the molecule is Cc1ccccc1CC(=O)c1ccnc(N)c1C(=O)Cl. The Balaban J connectivity index is 2.38. The predicted octanol–water partition coefficient (Wildman–Crippen LogP) is 2.78. The van der Waals surface area contributed by atoms with Crippen LogP contribution in [0.3, 0.4) is 0 Å². The zero-order chi connectivity index (χ0) is 14.7. The molecule has 102 valence electrons. The minimum atomic E-state index is -0.774. The summed E-state index contributed by atoms with van der Waals surface area (Å²) < 4.78 is 0. The zero-order valence-electron chi connectivity index (χ0n) is 10.9. The number of nitrogens with two attached hydrogens (primary N) is 1. The smallest absolute Gasteiger partial charge is 0.256 e. The molecule has 0 aliphatic carbocycles. The van der Waals surface area contributed by atoms with Crippen LogP contribution >= 0.6 is 11.6 Å². The summed E-state index contributed by atoms with van der Waals surface area (Å²) in [4.78, 5) is 27.5. The Morgan fingerprint density at radius 3 is 2.60 bits per heavy atom. The number of benzene rings is 1. The van der Waals surface area contributed by atoms with Crippen LogP contribution in [-0.4, -0.2) is 16.0 Å². The first-order chi connectivity index (χ1) is 9.50. The number of pyridine rings is 1. The maximum absolute atomic E-state index is 12.3. The number of anilines is 1. The fourth-order valence-corrected chi connectivity index (χ4v) is 2.19. The van der Waals surface area contributed by atoms with Crippen LogP contribution in [0.5, 0.6) is 0 Å². The van der Waals surface area contributed by atoms with E-state index in [-0.39, 0.29) is 29.1 Å². The van der Waals surface area contributed by atoms with E-state index in [2.05, 4.69) is 4.98 Å². The topological polar surface area (TPSA) is 73.1 Å². The lowest BCUT2D eigenvalue weighted by Crippen LogP contribution is -2.12. The Bertz CT molecular complexity index is 683. The van der Waals surface area contributed by atoms with Crippen LogP contribution in [-0.2, 0) is 6.42 Å². The van der Waals surface area contributed by atoms with Crippen molar-refractivity contribution >= 4 is 28.4 Å². The van der Waals surface area contributed by atoms with Crippen molar-refractivity contribution in [3.63, 3.8) is 0 Å². The third-order valence-corrected chi connectivity index (χ3v) is 3.28. The van der Waals surface area contributed by atoms with E-state index in [9.17, 15) is 9.59 Å². The number of rotatable bonds is 4. The lowest BCUT2D eigenvalue weighted by molar-refractivity contribution is 0.0982. The van der Waals surface area contributed by atoms with Crippen LogP contribution in [0.1, 0.15) is 31.8 Å². The normalized spacial score (nSPS) is 10.3. The fraction of sp³-hybridized carbons (Fsp3) is 0.133. The number of carbonyl (C=O) groups excluding carboxylic acids is 2. The molecule has 1 heterocycles. The molecule has 0 fully saturated rings. The van der Waals surface area contributed by atoms with Crippen molar-refractivity contribution in [2.24, 2.45) is 0 Å². The molecular formula is C15H13ClN2O2. The second kappa shape index (κ2) is 5.84. The van der Waals surface area contributed by atoms with E-state index in [1.165, 1.54) is 12.3 Å². The molecule has 0 aliphatic heterocycles. The van der Waals surface area contributed by atoms with Crippen molar-refractivity contribution in [3.8, 4) is 0 Å². The number of carbonyl (C=O) groups is 2. The second-order valence-corrected chi connectivity index (χ2v) is 4.76. The van der Waals surface area contributed by atoms with Gasteiger partial charge in [-0.05, 0) is 35.7 Å². The van der Waals surface area contributed by atoms with Gasteiger partial charge in [0.15, 0.2) is 5.78 Å². The number of hydrogen-bond acceptors (Lipinski definition) is 4. The van der Waals surface area contributed by atoms with Crippen molar-refractivity contribution in [3.05, 3.63) is 58.8 Å². The number of ketones is 1. The molecule has 5 heteroatoms. The molecule has 0 spiro atoms. The standard InChI is InChI=1S/C15H13ClN2O2/c1-9-4-2-3-5-10(9)8-12(19)11-6-7-18-15(17)13(11)14(16)20/h2-7H,8H2,1H3,(H2,17,18). The third kappa shape index (κ3) is 2.86. The molecule has 2 N–H and O–H groups in total. The first-order valence-electron chi connectivity index (χ1n) is 6.02. The van der Waals surface area contributed by atoms with Crippen molar-refractivity contribution in [2.75, 3.05) is 5.73 Å². The molecule has 1 aromatic heterocycles. The van der Waals surface area contributed by atoms with Crippen molar-refractivity contribution in [1.29, 1.82) is 0 Å². The van der Waals surface area contributed by atoms with Gasteiger partial charge in [-0.15, -0.1) is 0 Å². The molecule has 2 aromatic rings. The summed E-state index contributed by atoms with van der Waals surface area (Å²) >= 11 is 5.48. The van der Waals surface area contributed by atoms with Crippen LogP contribution in [0.15, 0.2) is 36.5 Å². The molecular weight excluding hydrogens is 276 g/mol. The van der Waals surface area contributed by atoms with Crippen molar-refractivity contribution in [2.45, 2.75) is 13.3 Å². The molecule has 0 saturated heterocycles. The highest BCUT2D eigenvalue weighted by Gasteiger charge is 2.19. The van der Waals surface area contributed by atoms with E-state index in [4.69, 9.17) is 17.3 Å². The monoisotopic (exact) mass is 288 g/mol. The van der Waals surface area contributed by atoms with Gasteiger partial charge in [0.1, 0.15) is 5.82 Å². The Kier molecular flexibility index (Phi) is 4.15. The first kappa shape index (κ1) is 14.2. The van der Waals surface area contributed by atoms with Gasteiger partial charge in [-0.3, -0.25) is 9.59 Å². The molecule has 0 saturated carbocycles. The van der Waals surface area contributed by atoms with E-state index >= 15 is 0 Å². The molecule has 0 radical (unpaired) electrons. The van der Waals surface area contributed by atoms with E-state index in [0.29, 0.717) is 0 Å². The Labute approximate surface area is 121 Å². The van der Waals surface area contributed by atoms with Crippen LogP contribution in [0.25, 0.3) is 0 Å². The molecule has 0 bridgehead atoms. The molecule has 2 rings (SSSR count). The number of nitrogen functional groups attached to an aromatic ring is 1. The predicted molar refractivity (Wildman–Crippen MR) is 78.0 cm³/mol. The number of aryl methyl sites for hydroxylation is 1. The lowest BCUT2D eigenvalue weighted by atomic mass is 9.97. The highest BCUT2D eigenvalue weighted by atomic mass is 35.5. The minimum Gasteiger partial charge on any atom is -0.383 e. The maximum Gasteiger partial charge on any atom is 0.256 e. The van der Waals surface area contributed by atoms with Crippen LogP contribution < -0.4 is 5.73 Å². The summed E-state index contributed by atoms with van der Waals surface area (Å²) in [6.07, 6.45) is 1.58. The van der Waals surface area contributed by atoms with Crippen LogP contribution in [0.2, 0.25) is 0 Å². The molecule has 0 amide bonds. The highest BCUT2D eigenvalue weighted by molar-refractivity contribution is 6.68. The molecule has 0 unspecified atom stereocenters. The molecule has 0 aliphatic rings. The van der Waals surface area contributed by atoms with Crippen LogP contribution in [0, 0.1) is 6.92 Å². The van der Waals surface area contributed by atoms with Crippen molar-refractivity contribution in [1.82, 2.24) is 4.98 Å². The summed E-state index contributed by atoms with van der Waals surface area (Å²) in [5.74, 6) is -0.238. The molecule has 0 atom stereocenters. The average molecular weight is 289 g/mol. The fourth-order valence-electron chi connectivity index (χ4n) is 1.99. The lowest BCUT2D eigenvalue weighted by Gasteiger charge is -2.08. The molecule has 1 aromatic carbocycles. The highest BCUT2D eigenvalue weighted by Crippen LogP contribution is 2.20. The molecule has 20 heavy (non-hydrogen) atoms. The number of hydrogen-bond donors (Lipinski definition) is 1. The number of halogens is 1. The Morgan fingerprint density at radius 2 is 1.95 bits per heavy atom. The average Bonchev–Trinajstić information content (AvgIpc) is 2.40. The van der Waals surface area contributed by atoms with Gasteiger partial charge < -0.3 is 5.73 Å². The summed E-state index contributed by atoms with van der Waals surface area (Å²) in [6.45, 7) is 1.93. The largest absolute Gasteiger partial charge is 0.383 e. The van der Waals surface area contributed by atoms with Crippen LogP contribution in [0.4, 0.5) is 5.82 Å². The van der Waals surface area contributed by atoms with Gasteiger partial charge in [-0.2, -0.15) is 0 Å². The van der Waals surface area contributed by atoms with Gasteiger partial charge in [0.25, 0.3) is 5.24 Å². The summed E-state index contributed by atoms with van der Waals surface area (Å²) in [6, 6.07) is 9.04. The van der Waals surface area contributed by atoms with E-state index in [0.717, 1.165) is 11.1 Å². The number of nitrogens with zero attached hydrogens (tertiary/aromatic N) is 1. The number of Topliss-reactive ketones (excluding diaryl/α,β-unsaturated/α-hetero) is 1. The first-order valence-corrected chi connectivity index (χ1v) is 6.40. The van der Waals surface area contributed by atoms with Gasteiger partial charge in [-0.1, -0.05) is 24.3 Å². The van der Waals surface area contributed by atoms with E-state index in [1.807, 2.05) is 31.2 Å². The quantitative estimate of drug-likeness (QED) is 0.693. The van der Waals surface area contributed by atoms with Gasteiger partial charge in [0.05, 0.1) is 5.56 Å². The van der Waals surface area contributed by atoms with E-state index < -0.39 is 5.24 Å². The third-order valence-electron chi connectivity index (χ3n) is 3.09. The van der Waals surface area contributed by atoms with Gasteiger partial charge in [-0.25, -0.2) is 4.98 Å². The van der Waals surface area contributed by atoms with Crippen molar-refractivity contribution < 1.29 is 9.59 Å². The summed E-state index contributed by atoms with van der Waals surface area (Å²) in [5.41, 5.74) is 7.72. The van der Waals surface area contributed by atoms with Gasteiger partial charge in [0.2, 0.25) is 0 Å². The maximum atomic E-state index is 12.3. The Hall–Kier alpha value is -2.20. The summed E-state index contributed by atoms with van der Waals surface area (Å²) in [7, 11) is 0.